The molecule has 9 nitrogen and oxygen atoms in total. The third-order valence-corrected chi connectivity index (χ3v) is 7.21. The van der Waals surface area contributed by atoms with Gasteiger partial charge in [0.2, 0.25) is 11.7 Å². The summed E-state index contributed by atoms with van der Waals surface area (Å²) in [7, 11) is 0. The van der Waals surface area contributed by atoms with Gasteiger partial charge in [0.05, 0.1) is 29.1 Å². The van der Waals surface area contributed by atoms with E-state index in [-0.39, 0.29) is 34.2 Å². The van der Waals surface area contributed by atoms with E-state index < -0.39 is 23.4 Å². The second-order valence-electron chi connectivity index (χ2n) is 9.88. The minimum Gasteiger partial charge on any atom is -0.461 e. The first-order valence-corrected chi connectivity index (χ1v) is 14.2. The van der Waals surface area contributed by atoms with E-state index in [4.69, 9.17) is 16.3 Å². The number of aromatic amines is 1. The van der Waals surface area contributed by atoms with Crippen molar-refractivity contribution in [1.29, 1.82) is 0 Å². The molecular formula is C31H29ClN4O5. The number of ether oxygens (including phenoxy) is 1. The number of allylic oxidation sites excluding steroid dienone is 2. The topological polar surface area (TPSA) is 131 Å². The summed E-state index contributed by atoms with van der Waals surface area (Å²) in [6.45, 7) is 2.46. The number of aromatic nitrogens is 3. The van der Waals surface area contributed by atoms with Crippen LogP contribution in [0.2, 0.25) is 0 Å². The highest BCUT2D eigenvalue weighted by molar-refractivity contribution is 6.29. The second-order valence-corrected chi connectivity index (χ2v) is 10.1. The van der Waals surface area contributed by atoms with Crippen molar-refractivity contribution in [2.45, 2.75) is 45.4 Å². The summed E-state index contributed by atoms with van der Waals surface area (Å²) in [6.07, 6.45) is 7.47. The number of unbranched alkanes of at least 4 members (excludes halogenated alkanes) is 5. The van der Waals surface area contributed by atoms with Gasteiger partial charge in [0.25, 0.3) is 0 Å². The summed E-state index contributed by atoms with van der Waals surface area (Å²) in [5.41, 5.74) is 1.94. The van der Waals surface area contributed by atoms with Crippen molar-refractivity contribution >= 4 is 56.8 Å². The molecule has 1 aliphatic carbocycles. The SMILES string of the molecule is CCCCCCCCOC(=O)c1cc2c([nH]c3ccccc32)c(-c2ccc3c(n2)C(=O)C(NC(=O)CCl)=CC3=O)n1. The molecule has 41 heavy (non-hydrogen) atoms. The van der Waals surface area contributed by atoms with Crippen LogP contribution >= 0.6 is 11.6 Å². The molecule has 0 spiro atoms. The first kappa shape index (κ1) is 28.2. The number of hydrogen-bond acceptors (Lipinski definition) is 7. The van der Waals surface area contributed by atoms with Gasteiger partial charge in [-0.3, -0.25) is 14.4 Å². The predicted octanol–water partition coefficient (Wildman–Crippen LogP) is 5.91. The number of nitrogens with one attached hydrogen (secondary N) is 2. The number of nitrogens with zero attached hydrogens (tertiary/aromatic N) is 2. The van der Waals surface area contributed by atoms with Crippen molar-refractivity contribution in [3.05, 3.63) is 71.2 Å². The molecule has 0 aliphatic heterocycles. The van der Waals surface area contributed by atoms with Gasteiger partial charge in [0.1, 0.15) is 23.0 Å². The number of pyridine rings is 2. The summed E-state index contributed by atoms with van der Waals surface area (Å²) in [5.74, 6) is -2.64. The van der Waals surface area contributed by atoms with Crippen LogP contribution < -0.4 is 5.32 Å². The van der Waals surface area contributed by atoms with E-state index in [1.807, 2.05) is 24.3 Å². The molecule has 0 radical (unpaired) electrons. The molecule has 0 fully saturated rings. The highest BCUT2D eigenvalue weighted by Crippen LogP contribution is 2.33. The third kappa shape index (κ3) is 5.90. The number of amides is 1. The zero-order chi connectivity index (χ0) is 28.9. The Morgan fingerprint density at radius 3 is 2.54 bits per heavy atom. The maximum atomic E-state index is 13.2. The molecule has 10 heteroatoms. The lowest BCUT2D eigenvalue weighted by Gasteiger charge is -2.16. The van der Waals surface area contributed by atoms with Crippen molar-refractivity contribution in [2.24, 2.45) is 0 Å². The number of rotatable bonds is 11. The summed E-state index contributed by atoms with van der Waals surface area (Å²) in [4.78, 5) is 63.2. The van der Waals surface area contributed by atoms with E-state index in [0.29, 0.717) is 17.8 Å². The van der Waals surface area contributed by atoms with Crippen LogP contribution in [0.3, 0.4) is 0 Å². The largest absolute Gasteiger partial charge is 0.461 e. The minimum atomic E-state index is -0.623. The fourth-order valence-corrected chi connectivity index (χ4v) is 4.96. The molecule has 3 aromatic heterocycles. The smallest absolute Gasteiger partial charge is 0.356 e. The Morgan fingerprint density at radius 2 is 1.73 bits per heavy atom. The molecule has 210 valence electrons. The number of carbonyl (C=O) groups excluding carboxylic acids is 4. The molecule has 3 heterocycles. The maximum Gasteiger partial charge on any atom is 0.356 e. The van der Waals surface area contributed by atoms with E-state index in [1.165, 1.54) is 25.3 Å². The minimum absolute atomic E-state index is 0.102. The quantitative estimate of drug-likeness (QED) is 0.130. The molecule has 2 N–H and O–H groups in total. The molecule has 4 aromatic rings. The zero-order valence-corrected chi connectivity index (χ0v) is 23.3. The van der Waals surface area contributed by atoms with Crippen LogP contribution in [-0.4, -0.2) is 50.9 Å². The number of alkyl halides is 1. The van der Waals surface area contributed by atoms with Crippen LogP contribution in [0, 0.1) is 0 Å². The lowest BCUT2D eigenvalue weighted by Crippen LogP contribution is -2.32. The number of fused-ring (bicyclic) bond motifs is 4. The van der Waals surface area contributed by atoms with Crippen molar-refractivity contribution < 1.29 is 23.9 Å². The van der Waals surface area contributed by atoms with Crippen molar-refractivity contribution in [3.8, 4) is 11.4 Å². The number of carbonyl (C=O) groups is 4. The van der Waals surface area contributed by atoms with Crippen LogP contribution in [-0.2, 0) is 9.53 Å². The van der Waals surface area contributed by atoms with Gasteiger partial charge in [0, 0.05) is 22.4 Å². The summed E-state index contributed by atoms with van der Waals surface area (Å²) < 4.78 is 5.56. The van der Waals surface area contributed by atoms with Gasteiger partial charge < -0.3 is 15.0 Å². The Morgan fingerprint density at radius 1 is 0.951 bits per heavy atom. The van der Waals surface area contributed by atoms with Crippen molar-refractivity contribution in [3.63, 3.8) is 0 Å². The lowest BCUT2D eigenvalue weighted by atomic mass is 9.96. The second kappa shape index (κ2) is 12.4. The Kier molecular flexibility index (Phi) is 8.54. The van der Waals surface area contributed by atoms with Crippen LogP contribution in [0.25, 0.3) is 33.2 Å². The molecular weight excluding hydrogens is 544 g/mol. The average molecular weight is 573 g/mol. The molecule has 0 unspecified atom stereocenters. The number of hydrogen-bond donors (Lipinski definition) is 2. The maximum absolute atomic E-state index is 13.2. The first-order valence-electron chi connectivity index (χ1n) is 13.7. The monoisotopic (exact) mass is 572 g/mol. The highest BCUT2D eigenvalue weighted by atomic mass is 35.5. The summed E-state index contributed by atoms with van der Waals surface area (Å²) >= 11 is 5.56. The van der Waals surface area contributed by atoms with Crippen LogP contribution in [0.5, 0.6) is 0 Å². The van der Waals surface area contributed by atoms with Gasteiger partial charge in [-0.15, -0.1) is 11.6 Å². The number of H-pyrrole nitrogens is 1. The van der Waals surface area contributed by atoms with E-state index in [9.17, 15) is 19.2 Å². The van der Waals surface area contributed by atoms with Crippen molar-refractivity contribution in [2.75, 3.05) is 12.5 Å². The lowest BCUT2D eigenvalue weighted by molar-refractivity contribution is -0.117. The van der Waals surface area contributed by atoms with Gasteiger partial charge in [-0.05, 0) is 30.7 Å². The Hall–Kier alpha value is -4.37. The number of halogens is 1. The van der Waals surface area contributed by atoms with Gasteiger partial charge in [-0.1, -0.05) is 57.2 Å². The molecule has 0 atom stereocenters. The number of para-hydroxylation sites is 1. The standard InChI is InChI=1S/C31H29ClN4O5/c1-2-3-4-5-6-9-14-41-31(40)24-15-20-18-10-7-8-11-21(18)34-27(20)29(36-24)22-13-12-19-25(37)16-23(33-26(38)17-32)30(39)28(19)35-22/h7-8,10-13,15-16,34H,2-6,9,14,17H2,1H3,(H,33,38). The molecule has 1 amide bonds. The fourth-order valence-electron chi connectivity index (χ4n) is 4.90. The first-order chi connectivity index (χ1) is 19.9. The van der Waals surface area contributed by atoms with E-state index in [0.717, 1.165) is 41.6 Å². The molecule has 1 aromatic carbocycles. The van der Waals surface area contributed by atoms with Crippen LogP contribution in [0.15, 0.2) is 54.2 Å². The Labute approximate surface area is 241 Å². The summed E-state index contributed by atoms with van der Waals surface area (Å²) in [5, 5.41) is 3.98. The van der Waals surface area contributed by atoms with Crippen LogP contribution in [0.4, 0.5) is 0 Å². The molecule has 0 saturated carbocycles. The number of esters is 1. The molecule has 5 rings (SSSR count). The average Bonchev–Trinajstić information content (AvgIpc) is 3.37. The zero-order valence-electron chi connectivity index (χ0n) is 22.6. The highest BCUT2D eigenvalue weighted by Gasteiger charge is 2.29. The van der Waals surface area contributed by atoms with Gasteiger partial charge in [-0.25, -0.2) is 14.8 Å². The van der Waals surface area contributed by atoms with Gasteiger partial charge in [0.15, 0.2) is 5.78 Å². The normalized spacial score (nSPS) is 12.9. The Bertz CT molecular complexity index is 1710. The molecule has 0 saturated heterocycles. The van der Waals surface area contributed by atoms with E-state index in [1.54, 1.807) is 12.1 Å². The van der Waals surface area contributed by atoms with Crippen LogP contribution in [0.1, 0.15) is 76.8 Å². The number of ketones is 2. The van der Waals surface area contributed by atoms with E-state index >= 15 is 0 Å². The van der Waals surface area contributed by atoms with Gasteiger partial charge >= 0.3 is 5.97 Å². The number of benzene rings is 1. The molecule has 1 aliphatic rings. The third-order valence-electron chi connectivity index (χ3n) is 6.97. The summed E-state index contributed by atoms with van der Waals surface area (Å²) in [6, 6.07) is 12.4. The molecule has 0 bridgehead atoms. The Balaban J connectivity index is 1.51. The number of Topliss-reactive ketones (excluding diaryl/α,β-unsaturated/α-hetero) is 1. The van der Waals surface area contributed by atoms with Crippen molar-refractivity contribution in [1.82, 2.24) is 20.3 Å². The predicted molar refractivity (Wildman–Crippen MR) is 156 cm³/mol. The van der Waals surface area contributed by atoms with E-state index in [2.05, 4.69) is 27.2 Å². The van der Waals surface area contributed by atoms with Gasteiger partial charge in [-0.2, -0.15) is 0 Å². The fraction of sp³-hybridized carbons (Fsp3) is 0.290.